The Morgan fingerprint density at radius 2 is 1.00 bits per heavy atom. The molecule has 0 spiro atoms. The lowest BCUT2D eigenvalue weighted by Crippen LogP contribution is -1.91. The first-order chi connectivity index (χ1) is 22.8. The minimum atomic E-state index is 1.04. The van der Waals surface area contributed by atoms with Crippen molar-refractivity contribution in [1.82, 2.24) is 4.98 Å². The number of aromatic nitrogens is 1. The molecule has 0 N–H and O–H groups in total. The van der Waals surface area contributed by atoms with Gasteiger partial charge in [-0.1, -0.05) is 135 Å². The van der Waals surface area contributed by atoms with Crippen LogP contribution in [-0.2, 0) is 6.42 Å². The Morgan fingerprint density at radius 1 is 0.435 bits per heavy atom. The first-order valence-electron chi connectivity index (χ1n) is 16.4. The number of benzene rings is 7. The summed E-state index contributed by atoms with van der Waals surface area (Å²) in [5, 5.41) is 7.58. The van der Waals surface area contributed by atoms with E-state index in [1.165, 1.54) is 84.1 Å². The van der Waals surface area contributed by atoms with Gasteiger partial charge < -0.3 is 0 Å². The predicted molar refractivity (Wildman–Crippen MR) is 197 cm³/mol. The molecule has 0 saturated carbocycles. The zero-order chi connectivity index (χ0) is 30.9. The summed E-state index contributed by atoms with van der Waals surface area (Å²) >= 11 is 0. The van der Waals surface area contributed by atoms with Crippen molar-refractivity contribution in [3.8, 4) is 44.6 Å². The van der Waals surface area contributed by atoms with Crippen LogP contribution >= 0.6 is 0 Å². The topological polar surface area (TPSA) is 12.9 Å². The van der Waals surface area contributed by atoms with Gasteiger partial charge in [-0.15, -0.1) is 0 Å². The third kappa shape index (κ3) is 5.14. The Labute approximate surface area is 270 Å². The number of unbranched alkanes of at least 4 members (excludes halogenated alkanes) is 1. The van der Waals surface area contributed by atoms with Gasteiger partial charge in [0, 0.05) is 11.8 Å². The van der Waals surface area contributed by atoms with Crippen LogP contribution in [0.25, 0.3) is 77.0 Å². The van der Waals surface area contributed by atoms with Gasteiger partial charge in [0.15, 0.2) is 0 Å². The molecule has 1 aromatic heterocycles. The third-order valence-corrected chi connectivity index (χ3v) is 9.26. The number of nitrogens with zero attached hydrogens (tertiary/aromatic N) is 1. The lowest BCUT2D eigenvalue weighted by Gasteiger charge is -2.18. The standard InChI is InChI=1S/C45H35N/c1-2-3-12-31-25-26-46-43(27-31)36-16-11-15-34(28-36)35-23-21-32-22-24-37(30-38(32)29-35)45-41-19-9-7-17-39(41)44(33-13-5-4-6-14-33)40-18-8-10-20-42(40)45/h4-11,13-30H,2-3,12H2,1H3. The molecule has 0 aliphatic rings. The Morgan fingerprint density at radius 3 is 1.70 bits per heavy atom. The highest BCUT2D eigenvalue weighted by atomic mass is 14.7. The van der Waals surface area contributed by atoms with E-state index >= 15 is 0 Å². The first kappa shape index (κ1) is 28.0. The van der Waals surface area contributed by atoms with E-state index in [-0.39, 0.29) is 0 Å². The van der Waals surface area contributed by atoms with Crippen molar-refractivity contribution < 1.29 is 0 Å². The van der Waals surface area contributed by atoms with E-state index in [2.05, 4.69) is 159 Å². The van der Waals surface area contributed by atoms with Gasteiger partial charge in [-0.05, 0) is 114 Å². The molecule has 0 radical (unpaired) electrons. The van der Waals surface area contributed by atoms with Crippen LogP contribution in [0.15, 0.2) is 158 Å². The van der Waals surface area contributed by atoms with E-state index in [4.69, 9.17) is 4.98 Å². The summed E-state index contributed by atoms with van der Waals surface area (Å²) in [4.78, 5) is 4.72. The van der Waals surface area contributed by atoms with E-state index in [1.54, 1.807) is 0 Å². The zero-order valence-corrected chi connectivity index (χ0v) is 26.1. The molecular formula is C45H35N. The van der Waals surface area contributed by atoms with Crippen LogP contribution in [0, 0.1) is 0 Å². The van der Waals surface area contributed by atoms with Crippen molar-refractivity contribution in [3.63, 3.8) is 0 Å². The molecule has 0 bridgehead atoms. The fourth-order valence-corrected chi connectivity index (χ4v) is 6.96. The molecule has 0 unspecified atom stereocenters. The molecule has 8 aromatic rings. The molecule has 220 valence electrons. The summed E-state index contributed by atoms with van der Waals surface area (Å²) in [6.45, 7) is 2.24. The smallest absolute Gasteiger partial charge is 0.0704 e. The molecule has 1 nitrogen and oxygen atoms in total. The maximum atomic E-state index is 4.72. The highest BCUT2D eigenvalue weighted by molar-refractivity contribution is 6.21. The monoisotopic (exact) mass is 589 g/mol. The average molecular weight is 590 g/mol. The second kappa shape index (κ2) is 12.1. The van der Waals surface area contributed by atoms with Crippen LogP contribution in [0.4, 0.5) is 0 Å². The number of hydrogen-bond acceptors (Lipinski definition) is 1. The van der Waals surface area contributed by atoms with Gasteiger partial charge in [-0.2, -0.15) is 0 Å². The zero-order valence-electron chi connectivity index (χ0n) is 26.1. The van der Waals surface area contributed by atoms with Crippen LogP contribution < -0.4 is 0 Å². The number of fused-ring (bicyclic) bond motifs is 3. The molecule has 7 aromatic carbocycles. The van der Waals surface area contributed by atoms with Gasteiger partial charge >= 0.3 is 0 Å². The van der Waals surface area contributed by atoms with Gasteiger partial charge in [0.1, 0.15) is 0 Å². The summed E-state index contributed by atoms with van der Waals surface area (Å²) in [5.41, 5.74) is 11.0. The number of aryl methyl sites for hydroxylation is 1. The average Bonchev–Trinajstić information content (AvgIpc) is 3.13. The van der Waals surface area contributed by atoms with E-state index in [9.17, 15) is 0 Å². The lowest BCUT2D eigenvalue weighted by atomic mass is 9.85. The second-order valence-electron chi connectivity index (χ2n) is 12.2. The Hall–Kier alpha value is -5.53. The fourth-order valence-electron chi connectivity index (χ4n) is 6.96. The molecule has 8 rings (SSSR count). The van der Waals surface area contributed by atoms with Crippen LogP contribution in [0.2, 0.25) is 0 Å². The first-order valence-corrected chi connectivity index (χ1v) is 16.4. The third-order valence-electron chi connectivity index (χ3n) is 9.26. The quantitative estimate of drug-likeness (QED) is 0.169. The van der Waals surface area contributed by atoms with Gasteiger partial charge in [-0.3, -0.25) is 4.98 Å². The van der Waals surface area contributed by atoms with E-state index in [0.29, 0.717) is 0 Å². The van der Waals surface area contributed by atoms with E-state index in [0.717, 1.165) is 17.7 Å². The molecule has 0 fully saturated rings. The normalized spacial score (nSPS) is 11.4. The van der Waals surface area contributed by atoms with Crippen LogP contribution in [-0.4, -0.2) is 4.98 Å². The minimum absolute atomic E-state index is 1.04. The van der Waals surface area contributed by atoms with Crippen molar-refractivity contribution in [2.24, 2.45) is 0 Å². The lowest BCUT2D eigenvalue weighted by molar-refractivity contribution is 0.794. The summed E-state index contributed by atoms with van der Waals surface area (Å²) in [6.07, 6.45) is 5.44. The second-order valence-corrected chi connectivity index (χ2v) is 12.2. The number of rotatable bonds is 7. The molecule has 0 aliphatic carbocycles. The highest BCUT2D eigenvalue weighted by Gasteiger charge is 2.16. The van der Waals surface area contributed by atoms with E-state index < -0.39 is 0 Å². The Kier molecular flexibility index (Phi) is 7.36. The molecule has 0 atom stereocenters. The molecule has 46 heavy (non-hydrogen) atoms. The summed E-state index contributed by atoms with van der Waals surface area (Å²) < 4.78 is 0. The molecule has 1 heterocycles. The van der Waals surface area contributed by atoms with Crippen LogP contribution in [0.5, 0.6) is 0 Å². The molecule has 0 amide bonds. The van der Waals surface area contributed by atoms with Crippen molar-refractivity contribution in [3.05, 3.63) is 163 Å². The number of pyridine rings is 1. The van der Waals surface area contributed by atoms with Crippen molar-refractivity contribution >= 4 is 32.3 Å². The largest absolute Gasteiger partial charge is 0.256 e. The summed E-state index contributed by atoms with van der Waals surface area (Å²) in [5.74, 6) is 0. The highest BCUT2D eigenvalue weighted by Crippen LogP contribution is 2.44. The van der Waals surface area contributed by atoms with Crippen LogP contribution in [0.3, 0.4) is 0 Å². The maximum absolute atomic E-state index is 4.72. The van der Waals surface area contributed by atoms with Crippen molar-refractivity contribution in [1.29, 1.82) is 0 Å². The minimum Gasteiger partial charge on any atom is -0.256 e. The maximum Gasteiger partial charge on any atom is 0.0704 e. The van der Waals surface area contributed by atoms with Gasteiger partial charge in [0.25, 0.3) is 0 Å². The SMILES string of the molecule is CCCCc1ccnc(-c2cccc(-c3ccc4ccc(-c5c6ccccc6c(-c6ccccc6)c6ccccc56)cc4c3)c2)c1. The van der Waals surface area contributed by atoms with E-state index in [1.807, 2.05) is 6.20 Å². The van der Waals surface area contributed by atoms with Gasteiger partial charge in [0.2, 0.25) is 0 Å². The van der Waals surface area contributed by atoms with Gasteiger partial charge in [-0.25, -0.2) is 0 Å². The van der Waals surface area contributed by atoms with Crippen LogP contribution in [0.1, 0.15) is 25.3 Å². The molecule has 1 heteroatoms. The van der Waals surface area contributed by atoms with Crippen molar-refractivity contribution in [2.75, 3.05) is 0 Å². The molecular weight excluding hydrogens is 555 g/mol. The Bertz CT molecular complexity index is 2290. The summed E-state index contributed by atoms with van der Waals surface area (Å²) in [7, 11) is 0. The predicted octanol–water partition coefficient (Wildman–Crippen LogP) is 12.6. The van der Waals surface area contributed by atoms with Crippen molar-refractivity contribution in [2.45, 2.75) is 26.2 Å². The molecule has 0 aliphatic heterocycles. The summed E-state index contributed by atoms with van der Waals surface area (Å²) in [6, 6.07) is 55.5. The number of hydrogen-bond donors (Lipinski definition) is 0. The fraction of sp³-hybridized carbons (Fsp3) is 0.0889. The Balaban J connectivity index is 1.26. The van der Waals surface area contributed by atoms with Gasteiger partial charge in [0.05, 0.1) is 5.69 Å². The molecule has 0 saturated heterocycles.